The van der Waals surface area contributed by atoms with Crippen molar-refractivity contribution in [3.05, 3.63) is 35.9 Å². The van der Waals surface area contributed by atoms with Crippen molar-refractivity contribution < 1.29 is 0 Å². The second kappa shape index (κ2) is 5.01. The third-order valence-corrected chi connectivity index (χ3v) is 4.64. The van der Waals surface area contributed by atoms with Gasteiger partial charge in [0.1, 0.15) is 5.82 Å². The maximum Gasteiger partial charge on any atom is 0.132 e. The van der Waals surface area contributed by atoms with Crippen molar-refractivity contribution in [1.82, 2.24) is 4.98 Å². The molecular weight excluding hydrogens is 256 g/mol. The number of para-hydroxylation sites is 1. The zero-order valence-electron chi connectivity index (χ0n) is 11.4. The van der Waals surface area contributed by atoms with Gasteiger partial charge in [-0.3, -0.25) is 0 Å². The van der Waals surface area contributed by atoms with Crippen LogP contribution in [0.15, 0.2) is 30.3 Å². The zero-order valence-corrected chi connectivity index (χ0v) is 12.2. The predicted molar refractivity (Wildman–Crippen MR) is 82.1 cm³/mol. The Kier molecular flexibility index (Phi) is 3.36. The molecule has 1 aromatic carbocycles. The second-order valence-corrected chi connectivity index (χ2v) is 6.11. The lowest BCUT2D eigenvalue weighted by Gasteiger charge is -2.35. The number of anilines is 1. The van der Waals surface area contributed by atoms with Crippen LogP contribution in [0.4, 0.5) is 5.82 Å². The normalized spacial score (nSPS) is 23.8. The van der Waals surface area contributed by atoms with Crippen LogP contribution < -0.4 is 4.90 Å². The maximum atomic E-state index is 6.31. The first-order valence-electron chi connectivity index (χ1n) is 6.90. The average molecular weight is 275 g/mol. The molecule has 1 aromatic heterocycles. The van der Waals surface area contributed by atoms with Crippen molar-refractivity contribution in [2.24, 2.45) is 5.92 Å². The van der Waals surface area contributed by atoms with Gasteiger partial charge in [0.25, 0.3) is 0 Å². The summed E-state index contributed by atoms with van der Waals surface area (Å²) in [4.78, 5) is 7.22. The molecule has 0 spiro atoms. The Morgan fingerprint density at radius 3 is 2.89 bits per heavy atom. The van der Waals surface area contributed by atoms with Crippen LogP contribution >= 0.6 is 11.6 Å². The molecule has 0 N–H and O–H groups in total. The van der Waals surface area contributed by atoms with Crippen molar-refractivity contribution in [2.45, 2.75) is 25.6 Å². The number of rotatable bonds is 1. The first-order chi connectivity index (χ1) is 9.15. The minimum Gasteiger partial charge on any atom is -0.356 e. The van der Waals surface area contributed by atoms with Gasteiger partial charge >= 0.3 is 0 Å². The topological polar surface area (TPSA) is 16.1 Å². The number of alkyl halides is 1. The van der Waals surface area contributed by atoms with E-state index in [2.05, 4.69) is 43.0 Å². The summed E-state index contributed by atoms with van der Waals surface area (Å²) in [5, 5.41) is 1.51. The number of pyridine rings is 1. The number of aryl methyl sites for hydroxylation is 1. The highest BCUT2D eigenvalue weighted by molar-refractivity contribution is 6.20. The van der Waals surface area contributed by atoms with Gasteiger partial charge in [0.15, 0.2) is 0 Å². The number of piperidine rings is 1. The lowest BCUT2D eigenvalue weighted by Crippen LogP contribution is -2.40. The van der Waals surface area contributed by atoms with E-state index in [0.717, 1.165) is 30.8 Å². The molecule has 0 radical (unpaired) electrons. The molecule has 2 nitrogen and oxygen atoms in total. The lowest BCUT2D eigenvalue weighted by molar-refractivity contribution is 0.452. The molecule has 0 saturated carbocycles. The van der Waals surface area contributed by atoms with Gasteiger partial charge in [0.05, 0.1) is 5.52 Å². The van der Waals surface area contributed by atoms with E-state index in [1.807, 2.05) is 6.07 Å². The molecule has 19 heavy (non-hydrogen) atoms. The Morgan fingerprint density at radius 1 is 1.32 bits per heavy atom. The van der Waals surface area contributed by atoms with Crippen LogP contribution in [0.5, 0.6) is 0 Å². The zero-order chi connectivity index (χ0) is 13.4. The molecule has 0 bridgehead atoms. The summed E-state index contributed by atoms with van der Waals surface area (Å²) in [6, 6.07) is 10.5. The fourth-order valence-corrected chi connectivity index (χ4v) is 3.02. The van der Waals surface area contributed by atoms with E-state index in [4.69, 9.17) is 16.6 Å². The molecule has 2 aromatic rings. The van der Waals surface area contributed by atoms with Crippen molar-refractivity contribution in [3.63, 3.8) is 0 Å². The van der Waals surface area contributed by atoms with Crippen molar-refractivity contribution >= 4 is 28.3 Å². The van der Waals surface area contributed by atoms with Gasteiger partial charge in [-0.2, -0.15) is 0 Å². The summed E-state index contributed by atoms with van der Waals surface area (Å²) in [5.74, 6) is 1.64. The molecule has 100 valence electrons. The highest BCUT2D eigenvalue weighted by Crippen LogP contribution is 2.29. The lowest BCUT2D eigenvalue weighted by atomic mass is 9.99. The number of halogens is 1. The minimum absolute atomic E-state index is 0.303. The number of aromatic nitrogens is 1. The van der Waals surface area contributed by atoms with Crippen LogP contribution in [0.2, 0.25) is 0 Å². The highest BCUT2D eigenvalue weighted by Gasteiger charge is 2.25. The van der Waals surface area contributed by atoms with Gasteiger partial charge in [0, 0.05) is 23.9 Å². The Labute approximate surface area is 119 Å². The van der Waals surface area contributed by atoms with Crippen molar-refractivity contribution in [1.29, 1.82) is 0 Å². The Morgan fingerprint density at radius 2 is 2.11 bits per heavy atom. The first-order valence-corrected chi connectivity index (χ1v) is 7.34. The third-order valence-electron chi connectivity index (χ3n) is 3.99. The van der Waals surface area contributed by atoms with E-state index in [1.165, 1.54) is 10.9 Å². The monoisotopic (exact) mass is 274 g/mol. The minimum atomic E-state index is 0.303. The van der Waals surface area contributed by atoms with Gasteiger partial charge in [0.2, 0.25) is 0 Å². The van der Waals surface area contributed by atoms with Crippen LogP contribution in [-0.2, 0) is 0 Å². The number of hydrogen-bond acceptors (Lipinski definition) is 2. The molecule has 1 aliphatic heterocycles. The fraction of sp³-hybridized carbons (Fsp3) is 0.438. The maximum absolute atomic E-state index is 6.31. The van der Waals surface area contributed by atoms with Crippen LogP contribution in [0.25, 0.3) is 10.9 Å². The van der Waals surface area contributed by atoms with Crippen LogP contribution in [0.1, 0.15) is 18.9 Å². The summed E-state index contributed by atoms with van der Waals surface area (Å²) in [7, 11) is 0. The van der Waals surface area contributed by atoms with E-state index in [-0.39, 0.29) is 0 Å². The molecule has 2 unspecified atom stereocenters. The standard InChI is InChI=1S/C16H19ClN2/c1-11-9-13-5-3-4-6-15(13)18-16(11)19-8-7-14(17)12(2)10-19/h3-6,9,12,14H,7-8,10H2,1-2H3. The molecule has 3 rings (SSSR count). The Hall–Kier alpha value is -1.28. The SMILES string of the molecule is Cc1cc2ccccc2nc1N1CCC(Cl)C(C)C1. The highest BCUT2D eigenvalue weighted by atomic mass is 35.5. The summed E-state index contributed by atoms with van der Waals surface area (Å²) >= 11 is 6.31. The quantitative estimate of drug-likeness (QED) is 0.731. The summed E-state index contributed by atoms with van der Waals surface area (Å²) in [5.41, 5.74) is 2.32. The van der Waals surface area contributed by atoms with Gasteiger partial charge in [-0.1, -0.05) is 25.1 Å². The van der Waals surface area contributed by atoms with Gasteiger partial charge < -0.3 is 4.90 Å². The summed E-state index contributed by atoms with van der Waals surface area (Å²) in [6.45, 7) is 6.37. The molecule has 0 amide bonds. The third kappa shape index (κ3) is 2.42. The molecular formula is C16H19ClN2. The van der Waals surface area contributed by atoms with Crippen molar-refractivity contribution in [3.8, 4) is 0 Å². The van der Waals surface area contributed by atoms with E-state index < -0.39 is 0 Å². The number of hydrogen-bond donors (Lipinski definition) is 0. The van der Waals surface area contributed by atoms with E-state index in [9.17, 15) is 0 Å². The van der Waals surface area contributed by atoms with Gasteiger partial charge in [-0.15, -0.1) is 11.6 Å². The van der Waals surface area contributed by atoms with Crippen LogP contribution in [-0.4, -0.2) is 23.5 Å². The first kappa shape index (κ1) is 12.7. The fourth-order valence-electron chi connectivity index (χ4n) is 2.84. The van der Waals surface area contributed by atoms with Crippen LogP contribution in [0, 0.1) is 12.8 Å². The Bertz CT molecular complexity index is 596. The molecule has 1 aliphatic rings. The van der Waals surface area contributed by atoms with E-state index >= 15 is 0 Å². The number of benzene rings is 1. The molecule has 3 heteroatoms. The largest absolute Gasteiger partial charge is 0.356 e. The molecule has 1 saturated heterocycles. The molecule has 1 fully saturated rings. The van der Waals surface area contributed by atoms with E-state index in [0.29, 0.717) is 11.3 Å². The molecule has 2 heterocycles. The Balaban J connectivity index is 1.98. The van der Waals surface area contributed by atoms with Gasteiger partial charge in [-0.05, 0) is 37.0 Å². The number of fused-ring (bicyclic) bond motifs is 1. The summed E-state index contributed by atoms with van der Waals surface area (Å²) < 4.78 is 0. The smallest absolute Gasteiger partial charge is 0.132 e. The molecule has 2 atom stereocenters. The second-order valence-electron chi connectivity index (χ2n) is 5.55. The number of nitrogens with zero attached hydrogens (tertiary/aromatic N) is 2. The predicted octanol–water partition coefficient (Wildman–Crippen LogP) is 4.00. The molecule has 0 aliphatic carbocycles. The van der Waals surface area contributed by atoms with E-state index in [1.54, 1.807) is 0 Å². The van der Waals surface area contributed by atoms with Gasteiger partial charge in [-0.25, -0.2) is 4.98 Å². The average Bonchev–Trinajstić information content (AvgIpc) is 2.41. The van der Waals surface area contributed by atoms with Crippen molar-refractivity contribution in [2.75, 3.05) is 18.0 Å². The summed E-state index contributed by atoms with van der Waals surface area (Å²) in [6.07, 6.45) is 1.04. The van der Waals surface area contributed by atoms with Crippen LogP contribution in [0.3, 0.4) is 0 Å².